The summed E-state index contributed by atoms with van der Waals surface area (Å²) in [5.41, 5.74) is 5.25. The molecule has 1 aliphatic heterocycles. The largest absolute Gasteiger partial charge is 0.467 e. The minimum Gasteiger partial charge on any atom is -0.467 e. The number of ether oxygens (including phenoxy) is 1. The lowest BCUT2D eigenvalue weighted by atomic mass is 10.0. The van der Waals surface area contributed by atoms with E-state index in [4.69, 9.17) is 4.74 Å². The van der Waals surface area contributed by atoms with Crippen LogP contribution >= 0.6 is 0 Å². The van der Waals surface area contributed by atoms with Crippen molar-refractivity contribution in [2.24, 2.45) is 5.92 Å². The van der Waals surface area contributed by atoms with Gasteiger partial charge in [-0.05, 0) is 40.8 Å². The Morgan fingerprint density at radius 2 is 1.59 bits per heavy atom. The zero-order valence-electron chi connectivity index (χ0n) is 21.9. The van der Waals surface area contributed by atoms with Crippen molar-refractivity contribution < 1.29 is 19.1 Å². The lowest BCUT2D eigenvalue weighted by Gasteiger charge is -2.28. The average Bonchev–Trinajstić information content (AvgIpc) is 3.28. The first-order chi connectivity index (χ1) is 18.9. The molecule has 8 heteroatoms. The molecule has 39 heavy (non-hydrogen) atoms. The summed E-state index contributed by atoms with van der Waals surface area (Å²) in [6.45, 7) is 4.12. The van der Waals surface area contributed by atoms with Gasteiger partial charge in [0, 0.05) is 23.2 Å². The van der Waals surface area contributed by atoms with E-state index in [-0.39, 0.29) is 17.7 Å². The third-order valence-electron chi connectivity index (χ3n) is 6.80. The highest BCUT2D eigenvalue weighted by Crippen LogP contribution is 2.31. The molecule has 0 radical (unpaired) electrons. The van der Waals surface area contributed by atoms with Crippen LogP contribution < -0.4 is 5.32 Å². The molecule has 0 bridgehead atoms. The number of nitrogens with zero attached hydrogens (tertiary/aromatic N) is 3. The second kappa shape index (κ2) is 10.9. The van der Waals surface area contributed by atoms with Gasteiger partial charge in [-0.15, -0.1) is 0 Å². The van der Waals surface area contributed by atoms with Crippen LogP contribution in [0.15, 0.2) is 85.2 Å². The van der Waals surface area contributed by atoms with Crippen LogP contribution in [0.4, 0.5) is 5.82 Å². The molecule has 0 fully saturated rings. The molecular formula is C31H28N4O4. The summed E-state index contributed by atoms with van der Waals surface area (Å²) in [5, 5.41) is 2.77. The summed E-state index contributed by atoms with van der Waals surface area (Å²) in [5.74, 6) is -0.707. The number of hydrogen-bond donors (Lipinski definition) is 1. The van der Waals surface area contributed by atoms with Gasteiger partial charge in [-0.25, -0.2) is 9.78 Å². The van der Waals surface area contributed by atoms with Crippen LogP contribution in [0.5, 0.6) is 0 Å². The van der Waals surface area contributed by atoms with Gasteiger partial charge in [-0.2, -0.15) is 0 Å². The number of carbonyl (C=O) groups is 3. The lowest BCUT2D eigenvalue weighted by Crippen LogP contribution is -2.45. The van der Waals surface area contributed by atoms with E-state index < -0.39 is 12.0 Å². The van der Waals surface area contributed by atoms with Gasteiger partial charge in [-0.1, -0.05) is 68.4 Å². The summed E-state index contributed by atoms with van der Waals surface area (Å²) >= 11 is 0. The molecule has 1 aliphatic rings. The molecule has 0 saturated heterocycles. The van der Waals surface area contributed by atoms with Crippen molar-refractivity contribution in [1.82, 2.24) is 14.9 Å². The van der Waals surface area contributed by atoms with Crippen LogP contribution in [0, 0.1) is 5.92 Å². The number of methoxy groups -OCH3 is 1. The molecule has 2 amide bonds. The van der Waals surface area contributed by atoms with Gasteiger partial charge in [-0.3, -0.25) is 14.6 Å². The number of nitrogens with one attached hydrogen (secondary N) is 1. The zero-order chi connectivity index (χ0) is 27.5. The Bertz CT molecular complexity index is 1520. The van der Waals surface area contributed by atoms with E-state index in [1.165, 1.54) is 13.3 Å². The first kappa shape index (κ1) is 25.8. The van der Waals surface area contributed by atoms with Gasteiger partial charge in [0.25, 0.3) is 11.8 Å². The molecule has 4 aromatic rings. The van der Waals surface area contributed by atoms with E-state index in [0.29, 0.717) is 34.7 Å². The van der Waals surface area contributed by atoms with E-state index >= 15 is 0 Å². The number of amides is 2. The maximum absolute atomic E-state index is 13.2. The quantitative estimate of drug-likeness (QED) is 0.336. The van der Waals surface area contributed by atoms with Crippen LogP contribution in [0.25, 0.3) is 22.4 Å². The van der Waals surface area contributed by atoms with Crippen molar-refractivity contribution in [1.29, 1.82) is 0 Å². The Kier molecular flexibility index (Phi) is 7.19. The molecule has 1 aromatic heterocycles. The fourth-order valence-corrected chi connectivity index (χ4v) is 4.76. The number of anilines is 1. The number of fused-ring (bicyclic) bond motifs is 1. The van der Waals surface area contributed by atoms with Crippen molar-refractivity contribution in [3.05, 3.63) is 102 Å². The molecule has 8 nitrogen and oxygen atoms in total. The van der Waals surface area contributed by atoms with Crippen molar-refractivity contribution >= 4 is 23.6 Å². The standard InChI is InChI=1S/C31H28N4O4/c1-19(2)28(31(38)39-3)35-18-24-14-13-23(15-25(24)30(35)37)26-16-33-27(17-32-26)34-29(36)22-11-9-21(10-12-22)20-7-5-4-6-8-20/h4-17,19,28H,18H2,1-3H3,(H,33,34,36)/t28-/m0/s1. The Labute approximate surface area is 226 Å². The highest BCUT2D eigenvalue weighted by atomic mass is 16.5. The SMILES string of the molecule is COC(=O)[C@H](C(C)C)N1Cc2ccc(-c3cnc(NC(=O)c4ccc(-c5ccccc5)cc4)cn3)cc2C1=O. The summed E-state index contributed by atoms with van der Waals surface area (Å²) in [4.78, 5) is 48.6. The molecule has 0 spiro atoms. The molecule has 196 valence electrons. The number of rotatable bonds is 7. The Morgan fingerprint density at radius 3 is 2.23 bits per heavy atom. The lowest BCUT2D eigenvalue weighted by molar-refractivity contribution is -0.147. The van der Waals surface area contributed by atoms with Gasteiger partial charge in [0.15, 0.2) is 5.82 Å². The number of esters is 1. The van der Waals surface area contributed by atoms with E-state index in [1.54, 1.807) is 29.3 Å². The van der Waals surface area contributed by atoms with Crippen molar-refractivity contribution in [3.8, 4) is 22.4 Å². The predicted octanol–water partition coefficient (Wildman–Crippen LogP) is 5.22. The van der Waals surface area contributed by atoms with Crippen LogP contribution in [-0.2, 0) is 16.1 Å². The van der Waals surface area contributed by atoms with Gasteiger partial charge < -0.3 is 15.0 Å². The maximum atomic E-state index is 13.2. The van der Waals surface area contributed by atoms with Crippen LogP contribution in [-0.4, -0.2) is 45.8 Å². The summed E-state index contributed by atoms with van der Waals surface area (Å²) < 4.78 is 4.94. The predicted molar refractivity (Wildman–Crippen MR) is 148 cm³/mol. The van der Waals surface area contributed by atoms with E-state index in [2.05, 4.69) is 15.3 Å². The Balaban J connectivity index is 1.28. The molecule has 0 aliphatic carbocycles. The molecule has 0 unspecified atom stereocenters. The third-order valence-corrected chi connectivity index (χ3v) is 6.80. The van der Waals surface area contributed by atoms with E-state index in [9.17, 15) is 14.4 Å². The average molecular weight is 521 g/mol. The molecule has 1 atom stereocenters. The fraction of sp³-hybridized carbons (Fsp3) is 0.194. The van der Waals surface area contributed by atoms with Crippen molar-refractivity contribution in [2.45, 2.75) is 26.4 Å². The number of hydrogen-bond acceptors (Lipinski definition) is 6. The van der Waals surface area contributed by atoms with Crippen molar-refractivity contribution in [2.75, 3.05) is 12.4 Å². The van der Waals surface area contributed by atoms with Crippen LogP contribution in [0.3, 0.4) is 0 Å². The molecule has 3 aromatic carbocycles. The van der Waals surface area contributed by atoms with E-state index in [0.717, 1.165) is 16.7 Å². The molecular weight excluding hydrogens is 492 g/mol. The van der Waals surface area contributed by atoms with E-state index in [1.807, 2.05) is 68.4 Å². The highest BCUT2D eigenvalue weighted by Gasteiger charge is 2.38. The first-order valence-corrected chi connectivity index (χ1v) is 12.7. The second-order valence-corrected chi connectivity index (χ2v) is 9.70. The Morgan fingerprint density at radius 1 is 0.897 bits per heavy atom. The molecule has 2 heterocycles. The summed E-state index contributed by atoms with van der Waals surface area (Å²) in [6.07, 6.45) is 3.04. The fourth-order valence-electron chi connectivity index (χ4n) is 4.76. The normalized spacial score (nSPS) is 13.2. The monoisotopic (exact) mass is 520 g/mol. The van der Waals surface area contributed by atoms with Crippen molar-refractivity contribution in [3.63, 3.8) is 0 Å². The second-order valence-electron chi connectivity index (χ2n) is 9.70. The van der Waals surface area contributed by atoms with Gasteiger partial charge >= 0.3 is 5.97 Å². The number of aromatic nitrogens is 2. The van der Waals surface area contributed by atoms with Crippen LogP contribution in [0.2, 0.25) is 0 Å². The molecule has 5 rings (SSSR count). The van der Waals surface area contributed by atoms with Gasteiger partial charge in [0.1, 0.15) is 6.04 Å². The minimum atomic E-state index is -0.657. The summed E-state index contributed by atoms with van der Waals surface area (Å²) in [7, 11) is 1.33. The highest BCUT2D eigenvalue weighted by molar-refractivity contribution is 6.04. The molecule has 1 N–H and O–H groups in total. The number of carbonyl (C=O) groups excluding carboxylic acids is 3. The molecule has 0 saturated carbocycles. The zero-order valence-corrected chi connectivity index (χ0v) is 21.9. The van der Waals surface area contributed by atoms with Gasteiger partial charge in [0.05, 0.1) is 25.2 Å². The summed E-state index contributed by atoms with van der Waals surface area (Å²) in [6, 6.07) is 22.2. The Hall–Kier alpha value is -4.85. The minimum absolute atomic E-state index is 0.0920. The maximum Gasteiger partial charge on any atom is 0.328 e. The number of benzene rings is 3. The van der Waals surface area contributed by atoms with Gasteiger partial charge in [0.2, 0.25) is 0 Å². The van der Waals surface area contributed by atoms with Crippen LogP contribution in [0.1, 0.15) is 40.1 Å². The smallest absolute Gasteiger partial charge is 0.328 e. The third kappa shape index (κ3) is 5.27. The first-order valence-electron chi connectivity index (χ1n) is 12.7. The topological polar surface area (TPSA) is 101 Å².